The lowest BCUT2D eigenvalue weighted by Crippen LogP contribution is -2.46. The lowest BCUT2D eigenvalue weighted by molar-refractivity contribution is -0.141. The van der Waals surface area contributed by atoms with E-state index in [9.17, 15) is 15.0 Å². The predicted molar refractivity (Wildman–Crippen MR) is 132 cm³/mol. The highest BCUT2D eigenvalue weighted by Gasteiger charge is 2.35. The molecule has 1 fully saturated rings. The van der Waals surface area contributed by atoms with Crippen molar-refractivity contribution in [3.05, 3.63) is 71.9 Å². The largest absolute Gasteiger partial charge is 0.455 e. The van der Waals surface area contributed by atoms with Gasteiger partial charge >= 0.3 is 5.97 Å². The first-order valence-corrected chi connectivity index (χ1v) is 11.9. The summed E-state index contributed by atoms with van der Waals surface area (Å²) in [6.45, 7) is 10.2. The molecule has 2 N–H and O–H groups in total. The van der Waals surface area contributed by atoms with E-state index in [1.807, 2.05) is 63.3 Å². The predicted octanol–water partition coefficient (Wildman–Crippen LogP) is 4.98. The highest BCUT2D eigenvalue weighted by molar-refractivity contribution is 5.82. The van der Waals surface area contributed by atoms with Crippen molar-refractivity contribution >= 4 is 5.97 Å². The van der Waals surface area contributed by atoms with Crippen molar-refractivity contribution < 1.29 is 24.5 Å². The summed E-state index contributed by atoms with van der Waals surface area (Å²) in [6.07, 6.45) is 18.9. The number of aliphatic hydroxyl groups excluding tert-OH is 2. The summed E-state index contributed by atoms with van der Waals surface area (Å²) in [5.41, 5.74) is 2.33. The number of aliphatic hydroxyl groups is 2. The van der Waals surface area contributed by atoms with Crippen LogP contribution in [0.25, 0.3) is 0 Å². The molecule has 2 aliphatic heterocycles. The highest BCUT2D eigenvalue weighted by atomic mass is 16.5. The maximum atomic E-state index is 11.3. The summed E-state index contributed by atoms with van der Waals surface area (Å²) in [5, 5.41) is 20.8. The summed E-state index contributed by atoms with van der Waals surface area (Å²) in [5.74, 6) is 0.0688. The molecule has 0 unspecified atom stereocenters. The van der Waals surface area contributed by atoms with E-state index < -0.39 is 18.3 Å². The molecule has 0 aromatic rings. The summed E-state index contributed by atoms with van der Waals surface area (Å²) >= 11 is 0. The van der Waals surface area contributed by atoms with Gasteiger partial charge in [-0.2, -0.15) is 0 Å². The summed E-state index contributed by atoms with van der Waals surface area (Å²) in [4.78, 5) is 11.3. The first-order chi connectivity index (χ1) is 15.7. The topological polar surface area (TPSA) is 76.0 Å². The van der Waals surface area contributed by atoms with Crippen molar-refractivity contribution in [3.63, 3.8) is 0 Å². The van der Waals surface area contributed by atoms with Gasteiger partial charge < -0.3 is 19.7 Å². The Morgan fingerprint density at radius 1 is 1.30 bits per heavy atom. The van der Waals surface area contributed by atoms with Gasteiger partial charge in [-0.3, -0.25) is 0 Å². The lowest BCUT2D eigenvalue weighted by Gasteiger charge is -2.38. The molecule has 182 valence electrons. The minimum absolute atomic E-state index is 0.0122. The minimum atomic E-state index is -0.766. The van der Waals surface area contributed by atoms with Crippen LogP contribution < -0.4 is 0 Å². The number of hydrogen-bond acceptors (Lipinski definition) is 5. The quantitative estimate of drug-likeness (QED) is 0.291. The third-order valence-electron chi connectivity index (χ3n) is 6.04. The number of allylic oxidation sites excluding steroid dienone is 7. The van der Waals surface area contributed by atoms with Gasteiger partial charge in [-0.25, -0.2) is 4.79 Å². The van der Waals surface area contributed by atoms with Crippen LogP contribution in [0.1, 0.15) is 53.9 Å². The van der Waals surface area contributed by atoms with Crippen molar-refractivity contribution in [2.24, 2.45) is 11.8 Å². The molecule has 1 saturated heterocycles. The van der Waals surface area contributed by atoms with Crippen molar-refractivity contribution in [1.29, 1.82) is 0 Å². The number of ether oxygens (including phenoxy) is 2. The van der Waals surface area contributed by atoms with Gasteiger partial charge in [0.1, 0.15) is 6.10 Å². The first-order valence-electron chi connectivity index (χ1n) is 11.9. The normalized spacial score (nSPS) is 31.5. The van der Waals surface area contributed by atoms with Crippen LogP contribution in [0.5, 0.6) is 0 Å². The molecular weight excluding hydrogens is 416 g/mol. The zero-order valence-electron chi connectivity index (χ0n) is 20.6. The number of carbonyl (C=O) groups excluding carboxylic acids is 1. The standard InChI is InChI=1S/C28H40O5/c1-6-9-26-22(5)25(30)18-27(33-26)24(29)12-7-10-19(2)16-21(4)17-20(3)14-15-23-11-8-13-28(31)32-23/h6-10,12-15,17,21-27,29-30H,11,16,18H2,1-5H3/b9-6+,12-7+,15-14+,19-10+,20-17-/t21-,22+,23-,24-,25-,26+,27+/m1/s1. The molecule has 33 heavy (non-hydrogen) atoms. The molecule has 2 rings (SSSR count). The van der Waals surface area contributed by atoms with Crippen molar-refractivity contribution in [3.8, 4) is 0 Å². The summed E-state index contributed by atoms with van der Waals surface area (Å²) in [7, 11) is 0. The number of esters is 1. The van der Waals surface area contributed by atoms with Crippen LogP contribution in [0.3, 0.4) is 0 Å². The molecule has 5 heteroatoms. The van der Waals surface area contributed by atoms with Crippen LogP contribution in [0.4, 0.5) is 0 Å². The van der Waals surface area contributed by atoms with E-state index in [4.69, 9.17) is 9.47 Å². The van der Waals surface area contributed by atoms with E-state index in [1.54, 1.807) is 6.08 Å². The van der Waals surface area contributed by atoms with Gasteiger partial charge in [0.25, 0.3) is 0 Å². The Labute approximate surface area is 198 Å². The Kier molecular flexibility index (Phi) is 11.0. The van der Waals surface area contributed by atoms with Gasteiger partial charge in [0, 0.05) is 24.8 Å². The van der Waals surface area contributed by atoms with Gasteiger partial charge in [0.15, 0.2) is 0 Å². The van der Waals surface area contributed by atoms with Crippen LogP contribution in [-0.4, -0.2) is 46.7 Å². The van der Waals surface area contributed by atoms with Gasteiger partial charge in [-0.05, 0) is 39.2 Å². The fourth-order valence-corrected chi connectivity index (χ4v) is 4.19. The monoisotopic (exact) mass is 456 g/mol. The first kappa shape index (κ1) is 27.0. The second kappa shape index (κ2) is 13.5. The van der Waals surface area contributed by atoms with E-state index in [-0.39, 0.29) is 24.1 Å². The molecule has 0 spiro atoms. The second-order valence-corrected chi connectivity index (χ2v) is 9.28. The smallest absolute Gasteiger partial charge is 0.331 e. The number of carbonyl (C=O) groups is 1. The maximum Gasteiger partial charge on any atom is 0.331 e. The van der Waals surface area contributed by atoms with Gasteiger partial charge in [0.05, 0.1) is 24.4 Å². The molecule has 0 aliphatic carbocycles. The second-order valence-electron chi connectivity index (χ2n) is 9.28. The number of rotatable bonds is 9. The van der Waals surface area contributed by atoms with E-state index in [0.717, 1.165) is 12.0 Å². The average Bonchev–Trinajstić information content (AvgIpc) is 2.75. The van der Waals surface area contributed by atoms with Gasteiger partial charge in [-0.15, -0.1) is 0 Å². The highest BCUT2D eigenvalue weighted by Crippen LogP contribution is 2.28. The van der Waals surface area contributed by atoms with E-state index in [0.29, 0.717) is 18.8 Å². The van der Waals surface area contributed by atoms with Crippen LogP contribution >= 0.6 is 0 Å². The fourth-order valence-electron chi connectivity index (χ4n) is 4.19. The Hall–Kier alpha value is -2.21. The average molecular weight is 457 g/mol. The minimum Gasteiger partial charge on any atom is -0.455 e. The van der Waals surface area contributed by atoms with E-state index in [2.05, 4.69) is 19.9 Å². The molecule has 0 amide bonds. The van der Waals surface area contributed by atoms with Crippen molar-refractivity contribution in [2.45, 2.75) is 84.4 Å². The summed E-state index contributed by atoms with van der Waals surface area (Å²) < 4.78 is 11.2. The zero-order chi connectivity index (χ0) is 24.4. The lowest BCUT2D eigenvalue weighted by atomic mass is 9.88. The van der Waals surface area contributed by atoms with Crippen LogP contribution in [0.15, 0.2) is 71.9 Å². The molecule has 0 radical (unpaired) electrons. The zero-order valence-corrected chi connectivity index (χ0v) is 20.6. The molecule has 0 aromatic carbocycles. The molecular formula is C28H40O5. The SMILES string of the molecule is C/C=C/[C@@H]1O[C@H]([C@H](O)/C=C/C=C(\C)C[C@@H](C)/C=C(C)\C=C\[C@H]2CC=CC(=O)O2)C[C@@H](O)[C@@H]1C. The molecule has 0 aromatic heterocycles. The number of cyclic esters (lactones) is 1. The van der Waals surface area contributed by atoms with Crippen LogP contribution in [0, 0.1) is 11.8 Å². The van der Waals surface area contributed by atoms with Crippen molar-refractivity contribution in [1.82, 2.24) is 0 Å². The Morgan fingerprint density at radius 2 is 2.06 bits per heavy atom. The van der Waals surface area contributed by atoms with Crippen molar-refractivity contribution in [2.75, 3.05) is 0 Å². The Balaban J connectivity index is 1.85. The van der Waals surface area contributed by atoms with Gasteiger partial charge in [0.2, 0.25) is 0 Å². The third-order valence-corrected chi connectivity index (χ3v) is 6.04. The molecule has 5 nitrogen and oxygen atoms in total. The third kappa shape index (κ3) is 9.28. The Bertz CT molecular complexity index is 816. The summed E-state index contributed by atoms with van der Waals surface area (Å²) in [6, 6.07) is 0. The molecule has 2 heterocycles. The number of hydrogen-bond donors (Lipinski definition) is 2. The van der Waals surface area contributed by atoms with Crippen LogP contribution in [-0.2, 0) is 14.3 Å². The molecule has 0 bridgehead atoms. The maximum absolute atomic E-state index is 11.3. The fraction of sp³-hybridized carbons (Fsp3) is 0.536. The van der Waals surface area contributed by atoms with Gasteiger partial charge in [-0.1, -0.05) is 73.6 Å². The Morgan fingerprint density at radius 3 is 2.76 bits per heavy atom. The van der Waals surface area contributed by atoms with Crippen LogP contribution in [0.2, 0.25) is 0 Å². The van der Waals surface area contributed by atoms with E-state index in [1.165, 1.54) is 11.6 Å². The molecule has 0 saturated carbocycles. The molecule has 2 aliphatic rings. The van der Waals surface area contributed by atoms with E-state index >= 15 is 0 Å². The molecule has 7 atom stereocenters.